The van der Waals surface area contributed by atoms with Gasteiger partial charge >= 0.3 is 0 Å². The third-order valence-corrected chi connectivity index (χ3v) is 6.95. The van der Waals surface area contributed by atoms with Gasteiger partial charge in [0.25, 0.3) is 0 Å². The van der Waals surface area contributed by atoms with Crippen molar-refractivity contribution >= 4 is 49.6 Å². The summed E-state index contributed by atoms with van der Waals surface area (Å²) in [6, 6.07) is 51.9. The zero-order valence-corrected chi connectivity index (χ0v) is 19.8. The second kappa shape index (κ2) is 8.44. The van der Waals surface area contributed by atoms with E-state index in [1.54, 1.807) is 0 Å². The molecule has 0 aliphatic heterocycles. The smallest absolute Gasteiger partial charge is 0.0541 e. The van der Waals surface area contributed by atoms with Gasteiger partial charge in [-0.25, -0.2) is 0 Å². The number of hydrogen-bond donors (Lipinski definition) is 0. The molecule has 0 amide bonds. The van der Waals surface area contributed by atoms with E-state index in [4.69, 9.17) is 0 Å². The van der Waals surface area contributed by atoms with Crippen LogP contribution in [-0.4, -0.2) is 4.57 Å². The van der Waals surface area contributed by atoms with E-state index in [-0.39, 0.29) is 0 Å². The molecular weight excluding hydrogens is 436 g/mol. The molecule has 0 saturated carbocycles. The molecule has 0 atom stereocenters. The van der Waals surface area contributed by atoms with Gasteiger partial charge in [0.15, 0.2) is 0 Å². The molecule has 6 aromatic carbocycles. The molecule has 1 heterocycles. The van der Waals surface area contributed by atoms with Gasteiger partial charge in [0.05, 0.1) is 11.0 Å². The fraction of sp³-hybridized carbons (Fsp3) is 0. The molecule has 0 fully saturated rings. The summed E-state index contributed by atoms with van der Waals surface area (Å²) in [5.74, 6) is 0. The topological polar surface area (TPSA) is 8.17 Å². The highest BCUT2D eigenvalue weighted by molar-refractivity contribution is 6.09. The van der Waals surface area contributed by atoms with E-state index in [0.717, 1.165) is 22.7 Å². The first kappa shape index (κ1) is 20.5. The van der Waals surface area contributed by atoms with E-state index < -0.39 is 0 Å². The van der Waals surface area contributed by atoms with Gasteiger partial charge in [-0.3, -0.25) is 0 Å². The Morgan fingerprint density at radius 3 is 1.61 bits per heavy atom. The summed E-state index contributed by atoms with van der Waals surface area (Å²) in [5.41, 5.74) is 7.01. The second-order valence-corrected chi connectivity index (χ2v) is 9.09. The summed E-state index contributed by atoms with van der Waals surface area (Å²) in [5, 5.41) is 5.03. The van der Waals surface area contributed by atoms with Crippen molar-refractivity contribution in [1.82, 2.24) is 4.57 Å². The Labute approximate surface area is 210 Å². The van der Waals surface area contributed by atoms with Gasteiger partial charge in [0.2, 0.25) is 0 Å². The summed E-state index contributed by atoms with van der Waals surface area (Å²) >= 11 is 0. The molecule has 7 rings (SSSR count). The normalized spacial score (nSPS) is 11.3. The van der Waals surface area contributed by atoms with Crippen LogP contribution in [0.4, 0.5) is 17.1 Å². The van der Waals surface area contributed by atoms with Crippen LogP contribution in [0.15, 0.2) is 146 Å². The summed E-state index contributed by atoms with van der Waals surface area (Å²) in [6.45, 7) is 0. The SMILES string of the molecule is c1ccc(N(c2ccc(-n3c4ccccc4c4ccccc43)cc2)c2ccc3ccccc3c2)cc1. The molecule has 0 radical (unpaired) electrons. The Hall–Kier alpha value is -4.82. The number of nitrogens with zero attached hydrogens (tertiary/aromatic N) is 2. The van der Waals surface area contributed by atoms with Crippen LogP contribution in [0.1, 0.15) is 0 Å². The monoisotopic (exact) mass is 460 g/mol. The minimum absolute atomic E-state index is 1.13. The molecule has 1 aromatic heterocycles. The molecule has 0 spiro atoms. The van der Waals surface area contributed by atoms with Gasteiger partial charge in [-0.1, -0.05) is 84.9 Å². The van der Waals surface area contributed by atoms with E-state index in [0.29, 0.717) is 0 Å². The molecular formula is C34H24N2. The highest BCUT2D eigenvalue weighted by atomic mass is 15.1. The molecule has 2 heteroatoms. The van der Waals surface area contributed by atoms with Crippen molar-refractivity contribution in [2.75, 3.05) is 4.90 Å². The maximum atomic E-state index is 2.36. The molecule has 0 bridgehead atoms. The third kappa shape index (κ3) is 3.35. The minimum atomic E-state index is 1.13. The predicted octanol–water partition coefficient (Wildman–Crippen LogP) is 9.41. The van der Waals surface area contributed by atoms with E-state index >= 15 is 0 Å². The van der Waals surface area contributed by atoms with Crippen LogP contribution >= 0.6 is 0 Å². The first-order chi connectivity index (χ1) is 17.9. The van der Waals surface area contributed by atoms with Gasteiger partial charge in [-0.2, -0.15) is 0 Å². The van der Waals surface area contributed by atoms with Crippen molar-refractivity contribution in [3.63, 3.8) is 0 Å². The summed E-state index contributed by atoms with van der Waals surface area (Å²) in [4.78, 5) is 2.32. The second-order valence-electron chi connectivity index (χ2n) is 9.09. The molecule has 0 aliphatic rings. The highest BCUT2D eigenvalue weighted by Gasteiger charge is 2.15. The van der Waals surface area contributed by atoms with Crippen LogP contribution in [0.2, 0.25) is 0 Å². The first-order valence-corrected chi connectivity index (χ1v) is 12.3. The van der Waals surface area contributed by atoms with Crippen LogP contribution in [0.25, 0.3) is 38.3 Å². The Bertz CT molecular complexity index is 1780. The molecule has 2 nitrogen and oxygen atoms in total. The van der Waals surface area contributed by atoms with Crippen molar-refractivity contribution in [2.45, 2.75) is 0 Å². The van der Waals surface area contributed by atoms with Gasteiger partial charge in [-0.05, 0) is 71.4 Å². The fourth-order valence-corrected chi connectivity index (χ4v) is 5.29. The summed E-state index contributed by atoms with van der Waals surface area (Å²) in [6.07, 6.45) is 0. The Kier molecular flexibility index (Phi) is 4.82. The molecule has 0 N–H and O–H groups in total. The molecule has 170 valence electrons. The number of hydrogen-bond acceptors (Lipinski definition) is 1. The van der Waals surface area contributed by atoms with Gasteiger partial charge in [-0.15, -0.1) is 0 Å². The number of fused-ring (bicyclic) bond motifs is 4. The highest BCUT2D eigenvalue weighted by Crippen LogP contribution is 2.37. The Balaban J connectivity index is 1.38. The number of para-hydroxylation sites is 3. The number of anilines is 3. The maximum absolute atomic E-state index is 2.36. The van der Waals surface area contributed by atoms with E-state index in [9.17, 15) is 0 Å². The molecule has 0 aliphatic carbocycles. The quantitative estimate of drug-likeness (QED) is 0.254. The minimum Gasteiger partial charge on any atom is -0.310 e. The fourth-order valence-electron chi connectivity index (χ4n) is 5.29. The average Bonchev–Trinajstić information content (AvgIpc) is 3.29. The standard InChI is InChI=1S/C34H24N2/c1-2-12-27(13-3-1)35(30-19-18-25-10-4-5-11-26(25)24-30)28-20-22-29(23-21-28)36-33-16-8-6-14-31(33)32-15-7-9-17-34(32)36/h1-24H. The predicted molar refractivity (Wildman–Crippen MR) is 153 cm³/mol. The van der Waals surface area contributed by atoms with Crippen molar-refractivity contribution in [3.8, 4) is 5.69 Å². The van der Waals surface area contributed by atoms with Crippen LogP contribution in [-0.2, 0) is 0 Å². The lowest BCUT2D eigenvalue weighted by atomic mass is 10.1. The largest absolute Gasteiger partial charge is 0.310 e. The van der Waals surface area contributed by atoms with Crippen molar-refractivity contribution in [3.05, 3.63) is 146 Å². The lowest BCUT2D eigenvalue weighted by Crippen LogP contribution is -2.10. The van der Waals surface area contributed by atoms with Crippen LogP contribution in [0.3, 0.4) is 0 Å². The number of aromatic nitrogens is 1. The van der Waals surface area contributed by atoms with Gasteiger partial charge < -0.3 is 9.47 Å². The van der Waals surface area contributed by atoms with Crippen molar-refractivity contribution in [1.29, 1.82) is 0 Å². The molecule has 0 unspecified atom stereocenters. The van der Waals surface area contributed by atoms with E-state index in [1.165, 1.54) is 32.6 Å². The lowest BCUT2D eigenvalue weighted by molar-refractivity contribution is 1.17. The first-order valence-electron chi connectivity index (χ1n) is 12.3. The van der Waals surface area contributed by atoms with Crippen LogP contribution in [0.5, 0.6) is 0 Å². The van der Waals surface area contributed by atoms with E-state index in [1.807, 2.05) is 0 Å². The zero-order chi connectivity index (χ0) is 23.9. The van der Waals surface area contributed by atoms with Crippen LogP contribution < -0.4 is 4.90 Å². The van der Waals surface area contributed by atoms with Crippen molar-refractivity contribution in [2.24, 2.45) is 0 Å². The molecule has 36 heavy (non-hydrogen) atoms. The Morgan fingerprint density at radius 2 is 0.917 bits per heavy atom. The molecule has 7 aromatic rings. The maximum Gasteiger partial charge on any atom is 0.0541 e. The lowest BCUT2D eigenvalue weighted by Gasteiger charge is -2.26. The number of benzene rings is 6. The summed E-state index contributed by atoms with van der Waals surface area (Å²) in [7, 11) is 0. The van der Waals surface area contributed by atoms with Crippen molar-refractivity contribution < 1.29 is 0 Å². The van der Waals surface area contributed by atoms with Crippen LogP contribution in [0, 0.1) is 0 Å². The number of rotatable bonds is 4. The third-order valence-electron chi connectivity index (χ3n) is 6.95. The summed E-state index contributed by atoms with van der Waals surface area (Å²) < 4.78 is 2.36. The average molecular weight is 461 g/mol. The Morgan fingerprint density at radius 1 is 0.389 bits per heavy atom. The zero-order valence-electron chi connectivity index (χ0n) is 19.8. The molecule has 0 saturated heterocycles. The van der Waals surface area contributed by atoms with Gasteiger partial charge in [0.1, 0.15) is 0 Å². The van der Waals surface area contributed by atoms with E-state index in [2.05, 4.69) is 155 Å². The van der Waals surface area contributed by atoms with Gasteiger partial charge in [0, 0.05) is 33.5 Å².